The van der Waals surface area contributed by atoms with Gasteiger partial charge in [-0.25, -0.2) is 9.97 Å². The Kier molecular flexibility index (Phi) is 7.79. The molecule has 8 unspecified atom stereocenters. The first-order valence-corrected chi connectivity index (χ1v) is 17.5. The van der Waals surface area contributed by atoms with Crippen molar-refractivity contribution in [3.05, 3.63) is 6.07 Å². The van der Waals surface area contributed by atoms with Gasteiger partial charge in [0, 0.05) is 44.3 Å². The van der Waals surface area contributed by atoms with Crippen LogP contribution in [-0.4, -0.2) is 84.4 Å². The van der Waals surface area contributed by atoms with E-state index in [0.717, 1.165) is 61.5 Å². The monoisotopic (exact) mass is 622 g/mol. The number of anilines is 3. The Morgan fingerprint density at radius 2 is 1.32 bits per heavy atom. The summed E-state index contributed by atoms with van der Waals surface area (Å²) in [6, 6.07) is 3.06. The molecule has 4 aliphatic carbocycles. The number of aromatic nitrogens is 4. The molecule has 8 atom stereocenters. The Morgan fingerprint density at radius 3 is 1.73 bits per heavy atom. The second kappa shape index (κ2) is 11.4. The molecule has 2 aromatic rings. The van der Waals surface area contributed by atoms with Gasteiger partial charge in [-0.1, -0.05) is 40.5 Å². The molecule has 4 saturated carbocycles. The molecule has 0 bridgehead atoms. The zero-order valence-corrected chi connectivity index (χ0v) is 28.3. The molecule has 2 N–H and O–H groups in total. The molecular weight excluding hydrogens is 572 g/mol. The van der Waals surface area contributed by atoms with Crippen LogP contribution >= 0.6 is 11.8 Å². The number of piperazine rings is 1. The van der Waals surface area contributed by atoms with Crippen LogP contribution in [0.5, 0.6) is 11.8 Å². The standard InChI is InChI=1S/C33H50N8O2S/c1-8-32(3)17-19-21(32)14-23(19)34-25-16-26(35-24-15-22-20(24)18-33(22,4)9-2)37-31(36-25)44-27-28(42-6)38-30(39-29(27)43-7)41-12-10-40(5)11-13-41/h16,19-24H,8-15,17-18H2,1-7H3,(H2,34,35,36,37). The van der Waals surface area contributed by atoms with Gasteiger partial charge >= 0.3 is 0 Å². The van der Waals surface area contributed by atoms with E-state index in [1.54, 1.807) is 14.2 Å². The predicted molar refractivity (Wildman–Crippen MR) is 175 cm³/mol. The second-order valence-corrected chi connectivity index (χ2v) is 15.6. The van der Waals surface area contributed by atoms with Gasteiger partial charge in [0.05, 0.1) is 14.2 Å². The molecule has 0 aromatic carbocycles. The van der Waals surface area contributed by atoms with Crippen molar-refractivity contribution in [2.24, 2.45) is 34.5 Å². The van der Waals surface area contributed by atoms with Gasteiger partial charge in [-0.15, -0.1) is 0 Å². The highest BCUT2D eigenvalue weighted by molar-refractivity contribution is 7.99. The molecule has 3 heterocycles. The maximum atomic E-state index is 5.81. The summed E-state index contributed by atoms with van der Waals surface area (Å²) in [5.74, 6) is 6.52. The zero-order chi connectivity index (χ0) is 30.8. The van der Waals surface area contributed by atoms with E-state index in [1.165, 1.54) is 50.3 Å². The van der Waals surface area contributed by atoms with Gasteiger partial charge in [0.25, 0.3) is 0 Å². The Bertz CT molecular complexity index is 1300. The lowest BCUT2D eigenvalue weighted by molar-refractivity contribution is -0.116. The number of nitrogens with zero attached hydrogens (tertiary/aromatic N) is 6. The summed E-state index contributed by atoms with van der Waals surface area (Å²) in [5, 5.41) is 8.25. The summed E-state index contributed by atoms with van der Waals surface area (Å²) in [4.78, 5) is 24.9. The van der Waals surface area contributed by atoms with Crippen LogP contribution in [0.4, 0.5) is 17.6 Å². The van der Waals surface area contributed by atoms with Crippen molar-refractivity contribution in [2.75, 3.05) is 63.0 Å². The maximum absolute atomic E-state index is 5.81. The number of nitrogens with one attached hydrogen (secondary N) is 2. The molecule has 0 radical (unpaired) electrons. The lowest BCUT2D eigenvalue weighted by Gasteiger charge is -2.65. The van der Waals surface area contributed by atoms with Crippen molar-refractivity contribution in [1.29, 1.82) is 0 Å². The van der Waals surface area contributed by atoms with Crippen LogP contribution in [0.1, 0.15) is 66.2 Å². The molecule has 0 spiro atoms. The zero-order valence-electron chi connectivity index (χ0n) is 27.5. The minimum atomic E-state index is 0.473. The Hall–Kier alpha value is -2.53. The molecule has 5 aliphatic rings. The fourth-order valence-electron chi connectivity index (χ4n) is 8.79. The van der Waals surface area contributed by atoms with E-state index in [0.29, 0.717) is 50.7 Å². The third-order valence-electron chi connectivity index (χ3n) is 12.4. The molecule has 0 amide bonds. The van der Waals surface area contributed by atoms with E-state index >= 15 is 0 Å². The molecule has 2 aromatic heterocycles. The molecule has 11 heteroatoms. The number of fused-ring (bicyclic) bond motifs is 2. The number of likely N-dealkylation sites (N-methyl/N-ethyl adjacent to an activating group) is 1. The van der Waals surface area contributed by atoms with Gasteiger partial charge in [0.1, 0.15) is 16.5 Å². The van der Waals surface area contributed by atoms with Gasteiger partial charge in [0.2, 0.25) is 17.7 Å². The van der Waals surface area contributed by atoms with Crippen molar-refractivity contribution in [3.8, 4) is 11.8 Å². The van der Waals surface area contributed by atoms with E-state index in [-0.39, 0.29) is 0 Å². The molecule has 7 rings (SSSR count). The lowest BCUT2D eigenvalue weighted by Crippen LogP contribution is -2.62. The highest BCUT2D eigenvalue weighted by Gasteiger charge is 2.60. The third-order valence-corrected chi connectivity index (χ3v) is 13.3. The van der Waals surface area contributed by atoms with Crippen LogP contribution in [0.3, 0.4) is 0 Å². The molecule has 240 valence electrons. The first kappa shape index (κ1) is 30.1. The summed E-state index contributed by atoms with van der Waals surface area (Å²) < 4.78 is 11.6. The Balaban J connectivity index is 1.13. The molecule has 1 saturated heterocycles. The van der Waals surface area contributed by atoms with Gasteiger partial charge in [0.15, 0.2) is 5.16 Å². The highest BCUT2D eigenvalue weighted by atomic mass is 32.2. The molecule has 5 fully saturated rings. The number of hydrogen-bond donors (Lipinski definition) is 2. The van der Waals surface area contributed by atoms with Crippen molar-refractivity contribution < 1.29 is 9.47 Å². The quantitative estimate of drug-likeness (QED) is 0.304. The fourth-order valence-corrected chi connectivity index (χ4v) is 9.70. The van der Waals surface area contributed by atoms with E-state index in [1.807, 2.05) is 0 Å². The van der Waals surface area contributed by atoms with Gasteiger partial charge < -0.3 is 29.9 Å². The third kappa shape index (κ3) is 5.06. The summed E-state index contributed by atoms with van der Waals surface area (Å²) >= 11 is 1.41. The van der Waals surface area contributed by atoms with Crippen molar-refractivity contribution in [1.82, 2.24) is 24.8 Å². The minimum Gasteiger partial charge on any atom is -0.480 e. The van der Waals surface area contributed by atoms with Crippen LogP contribution in [0.15, 0.2) is 16.1 Å². The molecular formula is C33H50N8O2S. The van der Waals surface area contributed by atoms with Crippen LogP contribution in [0.2, 0.25) is 0 Å². The smallest absolute Gasteiger partial charge is 0.236 e. The largest absolute Gasteiger partial charge is 0.480 e. The summed E-state index contributed by atoms with van der Waals surface area (Å²) in [6.45, 7) is 13.2. The van der Waals surface area contributed by atoms with E-state index in [2.05, 4.69) is 61.2 Å². The SMILES string of the molecule is CCC1(C)CC2C(Nc3cc(NC4CC5C4CC5(C)CC)nc(Sc4c(OC)nc(N5CCN(C)CC5)nc4OC)n3)CC21. The van der Waals surface area contributed by atoms with Crippen molar-refractivity contribution >= 4 is 29.3 Å². The average molecular weight is 623 g/mol. The Morgan fingerprint density at radius 1 is 0.818 bits per heavy atom. The van der Waals surface area contributed by atoms with E-state index < -0.39 is 0 Å². The normalized spacial score (nSPS) is 35.7. The average Bonchev–Trinajstić information content (AvgIpc) is 3.02. The maximum Gasteiger partial charge on any atom is 0.236 e. The molecule has 10 nitrogen and oxygen atoms in total. The highest BCUT2D eigenvalue weighted by Crippen LogP contribution is 2.64. The van der Waals surface area contributed by atoms with Crippen molar-refractivity contribution in [2.45, 2.75) is 88.4 Å². The van der Waals surface area contributed by atoms with Crippen molar-refractivity contribution in [3.63, 3.8) is 0 Å². The number of ether oxygens (including phenoxy) is 2. The van der Waals surface area contributed by atoms with Crippen LogP contribution in [-0.2, 0) is 0 Å². The lowest BCUT2D eigenvalue weighted by atomic mass is 9.43. The summed E-state index contributed by atoms with van der Waals surface area (Å²) in [6.07, 6.45) is 7.57. The predicted octanol–water partition coefficient (Wildman–Crippen LogP) is 5.66. The van der Waals surface area contributed by atoms with Crippen LogP contribution in [0.25, 0.3) is 0 Å². The second-order valence-electron chi connectivity index (χ2n) is 14.6. The minimum absolute atomic E-state index is 0.473. The summed E-state index contributed by atoms with van der Waals surface area (Å²) in [5.41, 5.74) is 1.03. The fraction of sp³-hybridized carbons (Fsp3) is 0.758. The Labute approximate surface area is 266 Å². The first-order chi connectivity index (χ1) is 21.2. The molecule has 1 aliphatic heterocycles. The number of rotatable bonds is 11. The van der Waals surface area contributed by atoms with E-state index in [4.69, 9.17) is 29.4 Å². The first-order valence-electron chi connectivity index (χ1n) is 16.7. The van der Waals surface area contributed by atoms with Gasteiger partial charge in [-0.05, 0) is 79.0 Å². The van der Waals surface area contributed by atoms with Gasteiger partial charge in [-0.2, -0.15) is 9.97 Å². The van der Waals surface area contributed by atoms with Crippen LogP contribution < -0.4 is 25.0 Å². The number of hydrogen-bond acceptors (Lipinski definition) is 11. The number of methoxy groups -OCH3 is 2. The topological polar surface area (TPSA) is 101 Å². The van der Waals surface area contributed by atoms with Crippen LogP contribution in [0, 0.1) is 34.5 Å². The molecule has 44 heavy (non-hydrogen) atoms. The summed E-state index contributed by atoms with van der Waals surface area (Å²) in [7, 11) is 5.44. The van der Waals surface area contributed by atoms with Gasteiger partial charge in [-0.3, -0.25) is 0 Å². The van der Waals surface area contributed by atoms with E-state index in [9.17, 15) is 0 Å².